The summed E-state index contributed by atoms with van der Waals surface area (Å²) in [6, 6.07) is 0. The fourth-order valence-electron chi connectivity index (χ4n) is 3.25. The van der Waals surface area contributed by atoms with Crippen LogP contribution in [0, 0.1) is 0 Å². The highest BCUT2D eigenvalue weighted by molar-refractivity contribution is 4.76. The minimum atomic E-state index is 0.136. The Morgan fingerprint density at radius 1 is 0.609 bits per heavy atom. The number of ether oxygens (including phenoxy) is 2. The van der Waals surface area contributed by atoms with E-state index in [9.17, 15) is 0 Å². The summed E-state index contributed by atoms with van der Waals surface area (Å²) in [6.45, 7) is 5.28. The molecule has 0 amide bonds. The Morgan fingerprint density at radius 2 is 1.09 bits per heavy atom. The lowest BCUT2D eigenvalue weighted by atomic mass is 10.0. The van der Waals surface area contributed by atoms with Gasteiger partial charge in [-0.1, -0.05) is 104 Å². The van der Waals surface area contributed by atoms with Crippen LogP contribution in [0.3, 0.4) is 0 Å². The van der Waals surface area contributed by atoms with Gasteiger partial charge < -0.3 is 9.47 Å². The van der Waals surface area contributed by atoms with Crippen LogP contribution < -0.4 is 0 Å². The van der Waals surface area contributed by atoms with Crippen molar-refractivity contribution in [1.82, 2.24) is 0 Å². The van der Waals surface area contributed by atoms with Gasteiger partial charge in [-0.05, 0) is 12.8 Å². The zero-order chi connectivity index (χ0) is 16.6. The minimum absolute atomic E-state index is 0.136. The van der Waals surface area contributed by atoms with Crippen LogP contribution in [-0.2, 0) is 9.47 Å². The number of epoxide rings is 1. The Labute approximate surface area is 145 Å². The quantitative estimate of drug-likeness (QED) is 0.199. The fourth-order valence-corrected chi connectivity index (χ4v) is 3.25. The maximum atomic E-state index is 5.56. The van der Waals surface area contributed by atoms with E-state index in [2.05, 4.69) is 13.8 Å². The van der Waals surface area contributed by atoms with Crippen molar-refractivity contribution in [3.05, 3.63) is 0 Å². The van der Waals surface area contributed by atoms with Gasteiger partial charge >= 0.3 is 0 Å². The summed E-state index contributed by atoms with van der Waals surface area (Å²) in [7, 11) is 0. The van der Waals surface area contributed by atoms with Gasteiger partial charge in [0.15, 0.2) is 6.29 Å². The Hall–Kier alpha value is -0.0800. The Balaban J connectivity index is 1.66. The number of hydrogen-bond acceptors (Lipinski definition) is 2. The van der Waals surface area contributed by atoms with E-state index in [0.29, 0.717) is 6.10 Å². The van der Waals surface area contributed by atoms with Crippen LogP contribution >= 0.6 is 0 Å². The molecule has 0 bridgehead atoms. The highest BCUT2D eigenvalue weighted by Crippen LogP contribution is 2.28. The summed E-state index contributed by atoms with van der Waals surface area (Å²) in [5, 5.41) is 0. The van der Waals surface area contributed by atoms with Crippen LogP contribution in [-0.4, -0.2) is 19.0 Å². The zero-order valence-corrected chi connectivity index (χ0v) is 16.0. The molecule has 0 aliphatic carbocycles. The molecule has 2 heteroatoms. The second kappa shape index (κ2) is 15.4. The first-order valence-corrected chi connectivity index (χ1v) is 10.7. The van der Waals surface area contributed by atoms with Crippen molar-refractivity contribution in [3.8, 4) is 0 Å². The van der Waals surface area contributed by atoms with Gasteiger partial charge in [-0.15, -0.1) is 0 Å². The van der Waals surface area contributed by atoms with Crippen molar-refractivity contribution in [1.29, 1.82) is 0 Å². The van der Waals surface area contributed by atoms with Gasteiger partial charge in [-0.2, -0.15) is 0 Å². The summed E-state index contributed by atoms with van der Waals surface area (Å²) >= 11 is 0. The molecule has 1 aliphatic heterocycles. The van der Waals surface area contributed by atoms with Crippen LogP contribution in [0.5, 0.6) is 0 Å². The van der Waals surface area contributed by atoms with Gasteiger partial charge in [0.05, 0.1) is 0 Å². The SMILES string of the molecule is CCCCCCCCCCCCCCCCC1OC1OCCC. The van der Waals surface area contributed by atoms with Crippen molar-refractivity contribution < 1.29 is 9.47 Å². The Morgan fingerprint density at radius 3 is 1.57 bits per heavy atom. The monoisotopic (exact) mass is 326 g/mol. The summed E-state index contributed by atoms with van der Waals surface area (Å²) in [4.78, 5) is 0. The van der Waals surface area contributed by atoms with E-state index in [1.807, 2.05) is 0 Å². The second-order valence-electron chi connectivity index (χ2n) is 7.30. The molecule has 0 N–H and O–H groups in total. The molecule has 1 saturated heterocycles. The second-order valence-corrected chi connectivity index (χ2v) is 7.30. The molecular formula is C21H42O2. The molecule has 0 aromatic carbocycles. The zero-order valence-electron chi connectivity index (χ0n) is 16.0. The molecule has 23 heavy (non-hydrogen) atoms. The van der Waals surface area contributed by atoms with E-state index in [4.69, 9.17) is 9.47 Å². The third-order valence-electron chi connectivity index (χ3n) is 4.86. The Kier molecular flexibility index (Phi) is 14.1. The van der Waals surface area contributed by atoms with E-state index in [1.54, 1.807) is 0 Å². The molecule has 0 radical (unpaired) electrons. The first-order valence-electron chi connectivity index (χ1n) is 10.7. The predicted molar refractivity (Wildman–Crippen MR) is 99.8 cm³/mol. The van der Waals surface area contributed by atoms with Gasteiger partial charge in [0, 0.05) is 6.61 Å². The van der Waals surface area contributed by atoms with Crippen LogP contribution in [0.15, 0.2) is 0 Å². The van der Waals surface area contributed by atoms with Gasteiger partial charge in [-0.25, -0.2) is 0 Å². The van der Waals surface area contributed by atoms with E-state index >= 15 is 0 Å². The van der Waals surface area contributed by atoms with Crippen LogP contribution in [0.4, 0.5) is 0 Å². The molecule has 1 rings (SSSR count). The van der Waals surface area contributed by atoms with Crippen LogP contribution in [0.25, 0.3) is 0 Å². The standard InChI is InChI=1S/C21H42O2/c1-3-5-6-7-8-9-10-11-12-13-14-15-16-17-18-20-21(23-20)22-19-4-2/h20-21H,3-19H2,1-2H3. The molecular weight excluding hydrogens is 284 g/mol. The Bertz CT molecular complexity index is 242. The van der Waals surface area contributed by atoms with Gasteiger partial charge in [0.25, 0.3) is 0 Å². The van der Waals surface area contributed by atoms with E-state index in [0.717, 1.165) is 13.0 Å². The van der Waals surface area contributed by atoms with Crippen LogP contribution in [0.1, 0.15) is 117 Å². The smallest absolute Gasteiger partial charge is 0.184 e. The van der Waals surface area contributed by atoms with Gasteiger partial charge in [0.2, 0.25) is 0 Å². The lowest BCUT2D eigenvalue weighted by molar-refractivity contribution is 0.0507. The molecule has 2 unspecified atom stereocenters. The van der Waals surface area contributed by atoms with Crippen molar-refractivity contribution in [2.24, 2.45) is 0 Å². The average molecular weight is 327 g/mol. The summed E-state index contributed by atoms with van der Waals surface area (Å²) in [5.74, 6) is 0. The summed E-state index contributed by atoms with van der Waals surface area (Å²) < 4.78 is 11.1. The number of rotatable bonds is 18. The fraction of sp³-hybridized carbons (Fsp3) is 1.00. The summed E-state index contributed by atoms with van der Waals surface area (Å²) in [5.41, 5.74) is 0. The first-order chi connectivity index (χ1) is 11.4. The molecule has 0 aromatic rings. The molecule has 1 aliphatic rings. The third-order valence-corrected chi connectivity index (χ3v) is 4.86. The lowest BCUT2D eigenvalue weighted by Gasteiger charge is -2.03. The summed E-state index contributed by atoms with van der Waals surface area (Å²) in [6.07, 6.45) is 22.8. The first kappa shape index (κ1) is 21.0. The maximum Gasteiger partial charge on any atom is 0.184 e. The highest BCUT2D eigenvalue weighted by atomic mass is 16.8. The number of hydrogen-bond donors (Lipinski definition) is 0. The topological polar surface area (TPSA) is 21.8 Å². The maximum absolute atomic E-state index is 5.56. The molecule has 0 aromatic heterocycles. The van der Waals surface area contributed by atoms with Crippen LogP contribution in [0.2, 0.25) is 0 Å². The third kappa shape index (κ3) is 12.9. The molecule has 2 atom stereocenters. The predicted octanol–water partition coefficient (Wildman–Crippen LogP) is 7.01. The van der Waals surface area contributed by atoms with Gasteiger partial charge in [0.1, 0.15) is 6.10 Å². The van der Waals surface area contributed by atoms with Crippen molar-refractivity contribution in [2.45, 2.75) is 129 Å². The van der Waals surface area contributed by atoms with Crippen molar-refractivity contribution in [2.75, 3.05) is 6.61 Å². The highest BCUT2D eigenvalue weighted by Gasteiger charge is 2.38. The normalized spacial score (nSPS) is 20.1. The lowest BCUT2D eigenvalue weighted by Crippen LogP contribution is -2.01. The largest absolute Gasteiger partial charge is 0.350 e. The van der Waals surface area contributed by atoms with E-state index in [-0.39, 0.29) is 6.29 Å². The molecule has 1 fully saturated rings. The molecule has 0 saturated carbocycles. The van der Waals surface area contributed by atoms with Crippen molar-refractivity contribution >= 4 is 0 Å². The number of unbranched alkanes of at least 4 members (excludes halogenated alkanes) is 13. The average Bonchev–Trinajstić information content (AvgIpc) is 3.31. The van der Waals surface area contributed by atoms with E-state index < -0.39 is 0 Å². The minimum Gasteiger partial charge on any atom is -0.350 e. The van der Waals surface area contributed by atoms with Crippen molar-refractivity contribution in [3.63, 3.8) is 0 Å². The molecule has 2 nitrogen and oxygen atoms in total. The van der Waals surface area contributed by atoms with E-state index in [1.165, 1.54) is 96.3 Å². The van der Waals surface area contributed by atoms with Gasteiger partial charge in [-0.3, -0.25) is 0 Å². The molecule has 1 heterocycles. The molecule has 0 spiro atoms. The molecule has 138 valence electrons.